The van der Waals surface area contributed by atoms with Gasteiger partial charge in [-0.3, -0.25) is 37.3 Å². The number of ether oxygens (including phenoxy) is 4. The van der Waals surface area contributed by atoms with Crippen LogP contribution in [0.2, 0.25) is 0 Å². The smallest absolute Gasteiger partial charge is 0.462 e. The van der Waals surface area contributed by atoms with Gasteiger partial charge in [0.15, 0.2) is 12.2 Å². The number of phosphoric acid groups is 2. The number of phosphoric ester groups is 2. The van der Waals surface area contributed by atoms with Crippen LogP contribution >= 0.6 is 15.6 Å². The summed E-state index contributed by atoms with van der Waals surface area (Å²) in [4.78, 5) is 72.3. The van der Waals surface area contributed by atoms with E-state index in [4.69, 9.17) is 37.0 Å². The second-order valence-electron chi connectivity index (χ2n) is 25.4. The van der Waals surface area contributed by atoms with Crippen LogP contribution in [0.4, 0.5) is 0 Å². The Balaban J connectivity index is 5.22. The lowest BCUT2D eigenvalue weighted by atomic mass is 9.99. The van der Waals surface area contributed by atoms with Gasteiger partial charge in [0.05, 0.1) is 26.4 Å². The Morgan fingerprint density at radius 2 is 0.593 bits per heavy atom. The zero-order valence-electron chi connectivity index (χ0n) is 55.8. The van der Waals surface area contributed by atoms with Crippen molar-refractivity contribution in [3.63, 3.8) is 0 Å². The predicted molar refractivity (Wildman–Crippen MR) is 344 cm³/mol. The molecule has 0 fully saturated rings. The number of hydrogen-bond acceptors (Lipinski definition) is 15. The second kappa shape index (κ2) is 58.2. The number of aliphatic hydroxyl groups is 1. The fraction of sp³-hybridized carbons (Fsp3) is 0.940. The van der Waals surface area contributed by atoms with Gasteiger partial charge in [-0.05, 0) is 43.4 Å². The molecule has 0 aromatic carbocycles. The second-order valence-corrected chi connectivity index (χ2v) is 28.3. The molecule has 0 spiro atoms. The highest BCUT2D eigenvalue weighted by atomic mass is 31.2. The third-order valence-electron chi connectivity index (χ3n) is 15.7. The van der Waals surface area contributed by atoms with Crippen LogP contribution in [0.25, 0.3) is 0 Å². The lowest BCUT2D eigenvalue weighted by Gasteiger charge is -2.21. The zero-order chi connectivity index (χ0) is 63.8. The summed E-state index contributed by atoms with van der Waals surface area (Å²) in [6.07, 6.45) is 40.4. The monoisotopic (exact) mass is 1270 g/mol. The normalized spacial score (nSPS) is 14.6. The standard InChI is InChI=1S/C67H130O17P2/c1-8-10-11-12-24-34-41-48-64(69)77-54-62(84-67(72)51-44-37-30-23-26-32-39-46-59(5)6)56-81-85(73,74)79-52-61(68)53-80-86(75,76)82-57-63(55-78-65(70)49-42-35-28-21-18-17-20-27-33-40-47-60(7)9-2)83-66(71)50-43-36-29-22-16-14-13-15-19-25-31-38-45-58(3)4/h58-63,68H,8-57H2,1-7H3,(H,73,74)(H,75,76)/t60?,61-,62+,63+/m0/s1. The molecule has 510 valence electrons. The molecule has 3 unspecified atom stereocenters. The summed E-state index contributed by atoms with van der Waals surface area (Å²) in [5.41, 5.74) is 0. The highest BCUT2D eigenvalue weighted by molar-refractivity contribution is 7.47. The lowest BCUT2D eigenvalue weighted by Crippen LogP contribution is -2.30. The van der Waals surface area contributed by atoms with Gasteiger partial charge in [0.25, 0.3) is 0 Å². The van der Waals surface area contributed by atoms with Gasteiger partial charge < -0.3 is 33.8 Å². The van der Waals surface area contributed by atoms with Gasteiger partial charge in [-0.2, -0.15) is 0 Å². The molecule has 0 aliphatic carbocycles. The Morgan fingerprint density at radius 1 is 0.337 bits per heavy atom. The first-order chi connectivity index (χ1) is 41.3. The molecule has 17 nitrogen and oxygen atoms in total. The van der Waals surface area contributed by atoms with Crippen LogP contribution < -0.4 is 0 Å². The molecule has 0 aliphatic heterocycles. The van der Waals surface area contributed by atoms with Crippen molar-refractivity contribution in [2.24, 2.45) is 17.8 Å². The first-order valence-corrected chi connectivity index (χ1v) is 37.9. The topological polar surface area (TPSA) is 237 Å². The minimum absolute atomic E-state index is 0.103. The molecule has 0 heterocycles. The summed E-state index contributed by atoms with van der Waals surface area (Å²) in [5.74, 6) is 0.146. The lowest BCUT2D eigenvalue weighted by molar-refractivity contribution is -0.161. The maximum atomic E-state index is 13.0. The van der Waals surface area contributed by atoms with E-state index in [-0.39, 0.29) is 25.7 Å². The fourth-order valence-electron chi connectivity index (χ4n) is 9.98. The molecule has 0 saturated carbocycles. The van der Waals surface area contributed by atoms with Gasteiger partial charge in [0, 0.05) is 25.7 Å². The maximum absolute atomic E-state index is 13.0. The van der Waals surface area contributed by atoms with Crippen LogP contribution in [0.5, 0.6) is 0 Å². The third-order valence-corrected chi connectivity index (χ3v) is 17.6. The van der Waals surface area contributed by atoms with Gasteiger partial charge in [-0.1, -0.05) is 280 Å². The van der Waals surface area contributed by atoms with Crippen molar-refractivity contribution < 1.29 is 80.2 Å². The summed E-state index contributed by atoms with van der Waals surface area (Å²) >= 11 is 0. The molecule has 0 aromatic rings. The molecule has 0 saturated heterocycles. The number of hydrogen-bond donors (Lipinski definition) is 3. The van der Waals surface area contributed by atoms with E-state index in [1.54, 1.807) is 0 Å². The Kier molecular flexibility index (Phi) is 56.9. The Morgan fingerprint density at radius 3 is 0.884 bits per heavy atom. The fourth-order valence-corrected chi connectivity index (χ4v) is 11.6. The minimum Gasteiger partial charge on any atom is -0.462 e. The van der Waals surface area contributed by atoms with Crippen molar-refractivity contribution in [2.45, 2.75) is 349 Å². The summed E-state index contributed by atoms with van der Waals surface area (Å²) in [6.45, 7) is 11.8. The van der Waals surface area contributed by atoms with E-state index in [0.29, 0.717) is 31.6 Å². The van der Waals surface area contributed by atoms with Gasteiger partial charge in [0.2, 0.25) is 0 Å². The number of aliphatic hydroxyl groups excluding tert-OH is 1. The highest BCUT2D eigenvalue weighted by Gasteiger charge is 2.30. The molecular formula is C67H130O17P2. The van der Waals surface area contributed by atoms with E-state index >= 15 is 0 Å². The summed E-state index contributed by atoms with van der Waals surface area (Å²) in [6, 6.07) is 0. The SMILES string of the molecule is CCCCCCCCCC(=O)OC[C@H](COP(=O)(O)OC[C@H](O)COP(=O)(O)OC[C@@H](COC(=O)CCCCCCCCCCCCC(C)CC)OC(=O)CCCCCCCCCCCCCCC(C)C)OC(=O)CCCCCCCCCC(C)C. The summed E-state index contributed by atoms with van der Waals surface area (Å²) < 4.78 is 68.0. The van der Waals surface area contributed by atoms with Crippen LogP contribution in [0.15, 0.2) is 0 Å². The average molecular weight is 1270 g/mol. The molecule has 3 N–H and O–H groups in total. The van der Waals surface area contributed by atoms with Crippen LogP contribution in [-0.2, 0) is 65.4 Å². The Hall–Kier alpha value is -1.94. The first-order valence-electron chi connectivity index (χ1n) is 34.9. The molecule has 6 atom stereocenters. The number of unbranched alkanes of at least 4 members (excludes halogenated alkanes) is 32. The Bertz CT molecular complexity index is 1700. The summed E-state index contributed by atoms with van der Waals surface area (Å²) in [5, 5.41) is 10.5. The van der Waals surface area contributed by atoms with Crippen molar-refractivity contribution in [3.8, 4) is 0 Å². The van der Waals surface area contributed by atoms with Crippen molar-refractivity contribution in [3.05, 3.63) is 0 Å². The van der Waals surface area contributed by atoms with Crippen molar-refractivity contribution in [2.75, 3.05) is 39.6 Å². The highest BCUT2D eigenvalue weighted by Crippen LogP contribution is 2.45. The van der Waals surface area contributed by atoms with E-state index in [2.05, 4.69) is 48.5 Å². The molecule has 0 radical (unpaired) electrons. The summed E-state index contributed by atoms with van der Waals surface area (Å²) in [7, 11) is -9.89. The molecule has 0 bridgehead atoms. The molecule has 86 heavy (non-hydrogen) atoms. The van der Waals surface area contributed by atoms with Crippen molar-refractivity contribution >= 4 is 39.5 Å². The van der Waals surface area contributed by atoms with Crippen LogP contribution in [0.3, 0.4) is 0 Å². The van der Waals surface area contributed by atoms with E-state index in [1.165, 1.54) is 128 Å². The van der Waals surface area contributed by atoms with E-state index in [9.17, 15) is 43.2 Å². The van der Waals surface area contributed by atoms with Gasteiger partial charge >= 0.3 is 39.5 Å². The third kappa shape index (κ3) is 59.7. The van der Waals surface area contributed by atoms with Crippen LogP contribution in [-0.4, -0.2) is 96.7 Å². The zero-order valence-corrected chi connectivity index (χ0v) is 57.6. The number of esters is 4. The minimum atomic E-state index is -4.95. The molecule has 0 rings (SSSR count). The van der Waals surface area contributed by atoms with E-state index in [1.807, 2.05) is 0 Å². The number of carbonyl (C=O) groups excluding carboxylic acids is 4. The Labute approximate surface area is 524 Å². The quantitative estimate of drug-likeness (QED) is 0.0222. The maximum Gasteiger partial charge on any atom is 0.472 e. The van der Waals surface area contributed by atoms with Crippen molar-refractivity contribution in [1.82, 2.24) is 0 Å². The van der Waals surface area contributed by atoms with E-state index < -0.39 is 97.5 Å². The molecular weight excluding hydrogens is 1140 g/mol. The first kappa shape index (κ1) is 84.1. The van der Waals surface area contributed by atoms with Gasteiger partial charge in [0.1, 0.15) is 19.3 Å². The largest absolute Gasteiger partial charge is 0.472 e. The predicted octanol–water partition coefficient (Wildman–Crippen LogP) is 18.7. The average Bonchev–Trinajstić information content (AvgIpc) is 3.68. The molecule has 0 aliphatic rings. The van der Waals surface area contributed by atoms with Crippen molar-refractivity contribution in [1.29, 1.82) is 0 Å². The van der Waals surface area contributed by atoms with Gasteiger partial charge in [-0.25, -0.2) is 9.13 Å². The van der Waals surface area contributed by atoms with E-state index in [0.717, 1.165) is 115 Å². The molecule has 0 amide bonds. The van der Waals surface area contributed by atoms with Crippen LogP contribution in [0.1, 0.15) is 331 Å². The van der Waals surface area contributed by atoms with Gasteiger partial charge in [-0.15, -0.1) is 0 Å². The van der Waals surface area contributed by atoms with Crippen LogP contribution in [0, 0.1) is 17.8 Å². The molecule has 0 aromatic heterocycles. The number of rotatable bonds is 65. The number of carbonyl (C=O) groups is 4. The molecule has 19 heteroatoms.